The Morgan fingerprint density at radius 1 is 1.27 bits per heavy atom. The van der Waals surface area contributed by atoms with Gasteiger partial charge in [-0.15, -0.1) is 0 Å². The third-order valence-corrected chi connectivity index (χ3v) is 2.40. The summed E-state index contributed by atoms with van der Waals surface area (Å²) in [4.78, 5) is 3.96. The van der Waals surface area contributed by atoms with E-state index < -0.39 is 0 Å². The third kappa shape index (κ3) is 3.74. The standard InChI is InChI=1S/C13H19NO/c1-5-13(2,3)15-12-8-6-11(7-9-12)10-14-4/h6-10H,5H2,1-4H3. The van der Waals surface area contributed by atoms with E-state index in [-0.39, 0.29) is 5.60 Å². The van der Waals surface area contributed by atoms with Crippen LogP contribution in [0.1, 0.15) is 32.8 Å². The van der Waals surface area contributed by atoms with Crippen LogP contribution in [0.4, 0.5) is 0 Å². The SMILES string of the molecule is CCC(C)(C)Oc1ccc(C=NC)cc1. The Kier molecular flexibility index (Phi) is 3.89. The van der Waals surface area contributed by atoms with Crippen molar-refractivity contribution in [3.63, 3.8) is 0 Å². The van der Waals surface area contributed by atoms with Gasteiger partial charge in [0.2, 0.25) is 0 Å². The molecule has 0 N–H and O–H groups in total. The zero-order valence-electron chi connectivity index (χ0n) is 9.95. The fraction of sp³-hybridized carbons (Fsp3) is 0.462. The maximum absolute atomic E-state index is 5.84. The molecule has 0 heterocycles. The van der Waals surface area contributed by atoms with E-state index in [1.54, 1.807) is 7.05 Å². The number of ether oxygens (including phenoxy) is 1. The Morgan fingerprint density at radius 2 is 1.87 bits per heavy atom. The first-order valence-electron chi connectivity index (χ1n) is 5.28. The van der Waals surface area contributed by atoms with Crippen LogP contribution in [-0.2, 0) is 0 Å². The van der Waals surface area contributed by atoms with Crippen LogP contribution in [-0.4, -0.2) is 18.9 Å². The van der Waals surface area contributed by atoms with Crippen LogP contribution in [0.3, 0.4) is 0 Å². The lowest BCUT2D eigenvalue weighted by atomic mass is 10.1. The molecule has 0 saturated carbocycles. The lowest BCUT2D eigenvalue weighted by molar-refractivity contribution is 0.105. The molecule has 0 aromatic heterocycles. The van der Waals surface area contributed by atoms with Crippen molar-refractivity contribution in [2.24, 2.45) is 4.99 Å². The molecule has 0 aliphatic rings. The van der Waals surface area contributed by atoms with Crippen LogP contribution in [0.15, 0.2) is 29.3 Å². The monoisotopic (exact) mass is 205 g/mol. The van der Waals surface area contributed by atoms with Crippen molar-refractivity contribution in [3.05, 3.63) is 29.8 Å². The second kappa shape index (κ2) is 4.96. The van der Waals surface area contributed by atoms with Crippen molar-refractivity contribution in [2.45, 2.75) is 32.8 Å². The van der Waals surface area contributed by atoms with E-state index in [1.807, 2.05) is 30.5 Å². The van der Waals surface area contributed by atoms with Gasteiger partial charge in [-0.05, 0) is 50.1 Å². The molecule has 15 heavy (non-hydrogen) atoms. The normalized spacial score (nSPS) is 12.0. The topological polar surface area (TPSA) is 21.6 Å². The number of aliphatic imine (C=N–C) groups is 1. The molecule has 1 aromatic rings. The average molecular weight is 205 g/mol. The smallest absolute Gasteiger partial charge is 0.120 e. The van der Waals surface area contributed by atoms with Crippen LogP contribution in [0.5, 0.6) is 5.75 Å². The van der Waals surface area contributed by atoms with Crippen LogP contribution in [0, 0.1) is 0 Å². The zero-order valence-corrected chi connectivity index (χ0v) is 9.95. The molecule has 0 aliphatic heterocycles. The van der Waals surface area contributed by atoms with Gasteiger partial charge >= 0.3 is 0 Å². The van der Waals surface area contributed by atoms with E-state index >= 15 is 0 Å². The van der Waals surface area contributed by atoms with Gasteiger partial charge in [-0.25, -0.2) is 0 Å². The second-order valence-corrected chi connectivity index (χ2v) is 4.17. The minimum absolute atomic E-state index is 0.0969. The highest BCUT2D eigenvalue weighted by molar-refractivity contribution is 5.79. The molecule has 0 bridgehead atoms. The van der Waals surface area contributed by atoms with E-state index in [9.17, 15) is 0 Å². The van der Waals surface area contributed by atoms with Crippen LogP contribution in [0.25, 0.3) is 0 Å². The van der Waals surface area contributed by atoms with Crippen molar-refractivity contribution < 1.29 is 4.74 Å². The largest absolute Gasteiger partial charge is 0.488 e. The van der Waals surface area contributed by atoms with E-state index in [2.05, 4.69) is 25.8 Å². The number of hydrogen-bond donors (Lipinski definition) is 0. The maximum atomic E-state index is 5.84. The van der Waals surface area contributed by atoms with Crippen LogP contribution < -0.4 is 4.74 Å². The average Bonchev–Trinajstić information content (AvgIpc) is 2.21. The summed E-state index contributed by atoms with van der Waals surface area (Å²) in [6.45, 7) is 6.31. The van der Waals surface area contributed by atoms with Gasteiger partial charge < -0.3 is 4.74 Å². The molecule has 0 spiro atoms. The van der Waals surface area contributed by atoms with Gasteiger partial charge in [0.25, 0.3) is 0 Å². The highest BCUT2D eigenvalue weighted by Crippen LogP contribution is 2.20. The number of rotatable bonds is 4. The van der Waals surface area contributed by atoms with E-state index in [1.165, 1.54) is 0 Å². The first-order chi connectivity index (χ1) is 7.07. The van der Waals surface area contributed by atoms with Gasteiger partial charge in [-0.2, -0.15) is 0 Å². The molecule has 1 aromatic carbocycles. The Balaban J connectivity index is 2.72. The Hall–Kier alpha value is -1.31. The Morgan fingerprint density at radius 3 is 2.33 bits per heavy atom. The summed E-state index contributed by atoms with van der Waals surface area (Å²) < 4.78 is 5.84. The molecular formula is C13H19NO. The predicted molar refractivity (Wildman–Crippen MR) is 65.0 cm³/mol. The first-order valence-corrected chi connectivity index (χ1v) is 5.28. The van der Waals surface area contributed by atoms with E-state index in [0.717, 1.165) is 17.7 Å². The molecule has 2 nitrogen and oxygen atoms in total. The summed E-state index contributed by atoms with van der Waals surface area (Å²) >= 11 is 0. The molecule has 0 aliphatic carbocycles. The molecule has 0 unspecified atom stereocenters. The minimum atomic E-state index is -0.0969. The van der Waals surface area contributed by atoms with Crippen LogP contribution in [0.2, 0.25) is 0 Å². The molecule has 2 heteroatoms. The highest BCUT2D eigenvalue weighted by atomic mass is 16.5. The van der Waals surface area contributed by atoms with Gasteiger partial charge in [-0.3, -0.25) is 4.99 Å². The number of benzene rings is 1. The summed E-state index contributed by atoms with van der Waals surface area (Å²) in [6, 6.07) is 7.98. The summed E-state index contributed by atoms with van der Waals surface area (Å²) in [7, 11) is 1.77. The minimum Gasteiger partial charge on any atom is -0.488 e. The molecular weight excluding hydrogens is 186 g/mol. The number of hydrogen-bond acceptors (Lipinski definition) is 2. The van der Waals surface area contributed by atoms with E-state index in [0.29, 0.717) is 0 Å². The zero-order chi connectivity index (χ0) is 11.3. The predicted octanol–water partition coefficient (Wildman–Crippen LogP) is 3.30. The van der Waals surface area contributed by atoms with Crippen molar-refractivity contribution >= 4 is 6.21 Å². The summed E-state index contributed by atoms with van der Waals surface area (Å²) in [5.74, 6) is 0.912. The van der Waals surface area contributed by atoms with Gasteiger partial charge in [0.1, 0.15) is 11.4 Å². The lowest BCUT2D eigenvalue weighted by Crippen LogP contribution is -2.26. The summed E-state index contributed by atoms with van der Waals surface area (Å²) in [5.41, 5.74) is 1.000. The summed E-state index contributed by atoms with van der Waals surface area (Å²) in [5, 5.41) is 0. The molecule has 0 amide bonds. The first kappa shape index (κ1) is 11.8. The number of nitrogens with zero attached hydrogens (tertiary/aromatic N) is 1. The van der Waals surface area contributed by atoms with Gasteiger partial charge in [0.05, 0.1) is 0 Å². The van der Waals surface area contributed by atoms with E-state index in [4.69, 9.17) is 4.74 Å². The third-order valence-electron chi connectivity index (χ3n) is 2.40. The quantitative estimate of drug-likeness (QED) is 0.691. The fourth-order valence-electron chi connectivity index (χ4n) is 1.16. The van der Waals surface area contributed by atoms with Gasteiger partial charge in [0, 0.05) is 13.3 Å². The van der Waals surface area contributed by atoms with Crippen molar-refractivity contribution in [1.82, 2.24) is 0 Å². The molecule has 0 radical (unpaired) electrons. The van der Waals surface area contributed by atoms with Crippen molar-refractivity contribution in [2.75, 3.05) is 7.05 Å². The fourth-order valence-corrected chi connectivity index (χ4v) is 1.16. The van der Waals surface area contributed by atoms with Gasteiger partial charge in [0.15, 0.2) is 0 Å². The second-order valence-electron chi connectivity index (χ2n) is 4.17. The molecule has 1 rings (SSSR count). The molecule has 0 saturated heterocycles. The molecule has 82 valence electrons. The van der Waals surface area contributed by atoms with Crippen LogP contribution >= 0.6 is 0 Å². The molecule has 0 fully saturated rings. The highest BCUT2D eigenvalue weighted by Gasteiger charge is 2.16. The Bertz CT molecular complexity index is 325. The van der Waals surface area contributed by atoms with Crippen molar-refractivity contribution in [1.29, 1.82) is 0 Å². The lowest BCUT2D eigenvalue weighted by Gasteiger charge is -2.24. The maximum Gasteiger partial charge on any atom is 0.120 e. The summed E-state index contributed by atoms with van der Waals surface area (Å²) in [6.07, 6.45) is 2.82. The van der Waals surface area contributed by atoms with Crippen molar-refractivity contribution in [3.8, 4) is 5.75 Å². The molecule has 0 atom stereocenters. The van der Waals surface area contributed by atoms with Gasteiger partial charge in [-0.1, -0.05) is 6.92 Å². The Labute approximate surface area is 92.0 Å².